The number of carbonyl (C=O) groups is 1. The van der Waals surface area contributed by atoms with Crippen molar-refractivity contribution in [2.75, 3.05) is 7.11 Å². The minimum Gasteiger partial charge on any atom is -0.464 e. The molecule has 4 aromatic rings. The van der Waals surface area contributed by atoms with E-state index in [1.807, 2.05) is 0 Å². The van der Waals surface area contributed by atoms with Crippen LogP contribution in [0.4, 0.5) is 13.2 Å². The summed E-state index contributed by atoms with van der Waals surface area (Å²) in [5.41, 5.74) is 1.97. The summed E-state index contributed by atoms with van der Waals surface area (Å²) < 4.78 is 46.8. The van der Waals surface area contributed by atoms with E-state index >= 15 is 0 Å². The van der Waals surface area contributed by atoms with E-state index < -0.39 is 24.8 Å². The van der Waals surface area contributed by atoms with Gasteiger partial charge in [0.15, 0.2) is 11.3 Å². The number of carbonyl (C=O) groups excluding carboxylic acids is 1. The molecule has 0 atom stereocenters. The van der Waals surface area contributed by atoms with Gasteiger partial charge in [0.05, 0.1) is 37.6 Å². The van der Waals surface area contributed by atoms with Crippen LogP contribution in [0.2, 0.25) is 0 Å². The van der Waals surface area contributed by atoms with Crippen molar-refractivity contribution < 1.29 is 22.7 Å². The van der Waals surface area contributed by atoms with Crippen LogP contribution in [0.15, 0.2) is 48.9 Å². The Labute approximate surface area is 162 Å². The first-order chi connectivity index (χ1) is 14.0. The number of hydrogen-bond donors (Lipinski definition) is 0. The monoisotopic (exact) mass is 401 g/mol. The van der Waals surface area contributed by atoms with E-state index in [4.69, 9.17) is 4.74 Å². The third kappa shape index (κ3) is 3.44. The van der Waals surface area contributed by atoms with Crippen molar-refractivity contribution >= 4 is 11.6 Å². The highest BCUT2D eigenvalue weighted by molar-refractivity contribution is 5.88. The highest BCUT2D eigenvalue weighted by Crippen LogP contribution is 2.31. The van der Waals surface area contributed by atoms with Gasteiger partial charge >= 0.3 is 5.97 Å². The van der Waals surface area contributed by atoms with Gasteiger partial charge in [0, 0.05) is 5.56 Å². The zero-order chi connectivity index (χ0) is 20.5. The molecule has 0 aliphatic heterocycles. The van der Waals surface area contributed by atoms with Crippen LogP contribution in [-0.2, 0) is 11.3 Å². The average Bonchev–Trinajstić information content (AvgIpc) is 3.31. The molecule has 0 unspecified atom stereocenters. The molecule has 0 radical (unpaired) electrons. The maximum atomic E-state index is 13.3. The molecule has 0 amide bonds. The van der Waals surface area contributed by atoms with Crippen LogP contribution in [0.5, 0.6) is 0 Å². The average molecular weight is 401 g/mol. The predicted molar refractivity (Wildman–Crippen MR) is 96.9 cm³/mol. The van der Waals surface area contributed by atoms with Crippen LogP contribution >= 0.6 is 0 Å². The van der Waals surface area contributed by atoms with Gasteiger partial charge in [-0.1, -0.05) is 0 Å². The number of aromatic nitrogens is 5. The summed E-state index contributed by atoms with van der Waals surface area (Å²) in [6.07, 6.45) is -0.0251. The smallest absolute Gasteiger partial charge is 0.358 e. The lowest BCUT2D eigenvalue weighted by atomic mass is 10.1. The zero-order valence-corrected chi connectivity index (χ0v) is 15.1. The maximum Gasteiger partial charge on any atom is 0.358 e. The summed E-state index contributed by atoms with van der Waals surface area (Å²) >= 11 is 0. The summed E-state index contributed by atoms with van der Waals surface area (Å²) in [6.45, 7) is -0.600. The molecule has 0 aliphatic rings. The molecular formula is C19H14F3N5O2. The Morgan fingerprint density at radius 3 is 2.59 bits per heavy atom. The molecule has 0 spiro atoms. The van der Waals surface area contributed by atoms with Crippen molar-refractivity contribution in [3.05, 3.63) is 60.4 Å². The van der Waals surface area contributed by atoms with Gasteiger partial charge in [-0.3, -0.25) is 0 Å². The number of hydrogen-bond acceptors (Lipinski definition) is 5. The number of methoxy groups -OCH3 is 1. The standard InChI is InChI=1S/C19H14F3N5O2/c1-29-19(28)14-8-23-16-7-6-13(25-27(14)16)18-17(11-2-4-12(20)5-3-11)24-10-26(18)9-15(21)22/h2-8,10,15H,9H2,1H3. The molecule has 1 aromatic carbocycles. The van der Waals surface area contributed by atoms with Crippen molar-refractivity contribution in [2.24, 2.45) is 0 Å². The van der Waals surface area contributed by atoms with Crippen LogP contribution < -0.4 is 0 Å². The Hall–Kier alpha value is -3.69. The molecule has 3 aromatic heterocycles. The molecule has 0 fully saturated rings. The number of fused-ring (bicyclic) bond motifs is 1. The third-order valence-electron chi connectivity index (χ3n) is 4.29. The van der Waals surface area contributed by atoms with Gasteiger partial charge in [0.2, 0.25) is 0 Å². The normalized spacial score (nSPS) is 11.3. The van der Waals surface area contributed by atoms with Gasteiger partial charge in [-0.05, 0) is 36.4 Å². The summed E-state index contributed by atoms with van der Waals surface area (Å²) in [5, 5.41) is 4.39. The number of alkyl halides is 2. The quantitative estimate of drug-likeness (QED) is 0.479. The molecule has 10 heteroatoms. The molecule has 0 saturated heterocycles. The molecule has 7 nitrogen and oxygen atoms in total. The van der Waals surface area contributed by atoms with E-state index in [0.717, 1.165) is 0 Å². The number of rotatable bonds is 5. The van der Waals surface area contributed by atoms with Crippen molar-refractivity contribution in [3.63, 3.8) is 0 Å². The van der Waals surface area contributed by atoms with E-state index in [-0.39, 0.29) is 11.4 Å². The Balaban J connectivity index is 1.91. The highest BCUT2D eigenvalue weighted by Gasteiger charge is 2.21. The second-order valence-electron chi connectivity index (χ2n) is 6.12. The number of benzene rings is 1. The van der Waals surface area contributed by atoms with E-state index in [1.165, 1.54) is 53.0 Å². The fourth-order valence-electron chi connectivity index (χ4n) is 3.00. The Morgan fingerprint density at radius 1 is 1.14 bits per heavy atom. The van der Waals surface area contributed by atoms with Crippen molar-refractivity contribution in [1.82, 2.24) is 24.1 Å². The lowest BCUT2D eigenvalue weighted by Gasteiger charge is -2.10. The second kappa shape index (κ2) is 7.38. The molecule has 0 aliphatic carbocycles. The second-order valence-corrected chi connectivity index (χ2v) is 6.12. The summed E-state index contributed by atoms with van der Waals surface area (Å²) in [5.74, 6) is -1.06. The van der Waals surface area contributed by atoms with Gasteiger partial charge in [-0.2, -0.15) is 5.10 Å². The molecule has 29 heavy (non-hydrogen) atoms. The Morgan fingerprint density at radius 2 is 1.90 bits per heavy atom. The fraction of sp³-hybridized carbons (Fsp3) is 0.158. The summed E-state index contributed by atoms with van der Waals surface area (Å²) in [7, 11) is 1.23. The fourth-order valence-corrected chi connectivity index (χ4v) is 3.00. The molecule has 148 valence electrons. The maximum absolute atomic E-state index is 13.3. The van der Waals surface area contributed by atoms with Crippen LogP contribution in [-0.4, -0.2) is 43.7 Å². The van der Waals surface area contributed by atoms with Gasteiger partial charge in [-0.15, -0.1) is 0 Å². The minimum absolute atomic E-state index is 0.0904. The minimum atomic E-state index is -2.62. The van der Waals surface area contributed by atoms with Crippen molar-refractivity contribution in [2.45, 2.75) is 13.0 Å². The highest BCUT2D eigenvalue weighted by atomic mass is 19.3. The number of ether oxygens (including phenoxy) is 1. The molecule has 0 saturated carbocycles. The molecule has 4 rings (SSSR count). The van der Waals surface area contributed by atoms with Crippen LogP contribution in [0, 0.1) is 5.82 Å². The topological polar surface area (TPSA) is 74.3 Å². The molecule has 3 heterocycles. The van der Waals surface area contributed by atoms with Crippen molar-refractivity contribution in [1.29, 1.82) is 0 Å². The number of halogens is 3. The molecular weight excluding hydrogens is 387 g/mol. The summed E-state index contributed by atoms with van der Waals surface area (Å²) in [6, 6.07) is 8.71. The van der Waals surface area contributed by atoms with Gasteiger partial charge in [-0.25, -0.2) is 32.4 Å². The number of imidazole rings is 2. The SMILES string of the molecule is COC(=O)c1cnc2ccc(-c3c(-c4ccc(F)cc4)ncn3CC(F)F)nn12. The van der Waals surface area contributed by atoms with E-state index in [9.17, 15) is 18.0 Å². The molecule has 0 bridgehead atoms. The Bertz CT molecular complexity index is 1180. The first kappa shape index (κ1) is 18.7. The first-order valence-electron chi connectivity index (χ1n) is 8.50. The van der Waals surface area contributed by atoms with Crippen LogP contribution in [0.1, 0.15) is 10.5 Å². The zero-order valence-electron chi connectivity index (χ0n) is 15.1. The largest absolute Gasteiger partial charge is 0.464 e. The Kier molecular flexibility index (Phi) is 4.75. The lowest BCUT2D eigenvalue weighted by molar-refractivity contribution is 0.0591. The number of nitrogens with zero attached hydrogens (tertiary/aromatic N) is 5. The van der Waals surface area contributed by atoms with Gasteiger partial charge in [0.25, 0.3) is 6.43 Å². The predicted octanol–water partition coefficient (Wildman–Crippen LogP) is 3.45. The van der Waals surface area contributed by atoms with Gasteiger partial charge in [0.1, 0.15) is 11.5 Å². The van der Waals surface area contributed by atoms with Crippen molar-refractivity contribution in [3.8, 4) is 22.6 Å². The third-order valence-corrected chi connectivity index (χ3v) is 4.29. The van der Waals surface area contributed by atoms with E-state index in [1.54, 1.807) is 12.1 Å². The van der Waals surface area contributed by atoms with Crippen LogP contribution in [0.25, 0.3) is 28.3 Å². The molecule has 0 N–H and O–H groups in total. The van der Waals surface area contributed by atoms with Gasteiger partial charge < -0.3 is 9.30 Å². The van der Waals surface area contributed by atoms with Crippen LogP contribution in [0.3, 0.4) is 0 Å². The lowest BCUT2D eigenvalue weighted by Crippen LogP contribution is -2.10. The van der Waals surface area contributed by atoms with E-state index in [0.29, 0.717) is 22.6 Å². The summed E-state index contributed by atoms with van der Waals surface area (Å²) in [4.78, 5) is 20.3. The first-order valence-corrected chi connectivity index (χ1v) is 8.50. The number of esters is 1. The van der Waals surface area contributed by atoms with E-state index in [2.05, 4.69) is 15.1 Å².